The molecule has 5 N–H and O–H groups in total. The monoisotopic (exact) mass is 613 g/mol. The highest BCUT2D eigenvalue weighted by molar-refractivity contribution is 7.65. The zero-order chi connectivity index (χ0) is 29.0. The Morgan fingerprint density at radius 3 is 2.56 bits per heavy atom. The van der Waals surface area contributed by atoms with Crippen LogP contribution in [-0.2, 0) is 40.9 Å². The van der Waals surface area contributed by atoms with Crippen molar-refractivity contribution in [2.24, 2.45) is 0 Å². The lowest BCUT2D eigenvalue weighted by molar-refractivity contribution is -0.238. The number of aliphatic hydroxyl groups is 2. The van der Waals surface area contributed by atoms with Gasteiger partial charge in [0, 0.05) is 12.8 Å². The van der Waals surface area contributed by atoms with E-state index in [9.17, 15) is 43.4 Å². The summed E-state index contributed by atoms with van der Waals surface area (Å²) in [7, 11) is -17.7. The number of hydrogen-bond donors (Lipinski definition) is 4. The van der Waals surface area contributed by atoms with Gasteiger partial charge in [-0.15, -0.1) is 12.3 Å². The summed E-state index contributed by atoms with van der Waals surface area (Å²) in [6, 6.07) is 0. The van der Waals surface area contributed by atoms with E-state index in [4.69, 9.17) is 16.9 Å². The van der Waals surface area contributed by atoms with Crippen molar-refractivity contribution in [3.63, 3.8) is 0 Å². The quantitative estimate of drug-likeness (QED) is 0.118. The van der Waals surface area contributed by atoms with Crippen LogP contribution in [0.4, 0.5) is 5.82 Å². The number of terminal acetylenes is 1. The van der Waals surface area contributed by atoms with Crippen molar-refractivity contribution in [2.75, 3.05) is 12.3 Å². The Balaban J connectivity index is 1.57. The number of nitrogens with zero attached hydrogens (tertiary/aromatic N) is 4. The smallest absolute Gasteiger partial charge is 0.478 e. The molecule has 0 bridgehead atoms. The van der Waals surface area contributed by atoms with Gasteiger partial charge in [0.2, 0.25) is 0 Å². The number of aliphatic hydroxyl groups excluding tert-OH is 2. The first-order chi connectivity index (χ1) is 18.1. The van der Waals surface area contributed by atoms with Crippen molar-refractivity contribution in [1.29, 1.82) is 0 Å². The Morgan fingerprint density at radius 2 is 1.87 bits per heavy atom. The Labute approximate surface area is 219 Å². The van der Waals surface area contributed by atoms with Gasteiger partial charge in [-0.2, -0.15) is 0 Å². The summed E-state index contributed by atoms with van der Waals surface area (Å²) in [5.41, 5.74) is 5.98. The van der Waals surface area contributed by atoms with Crippen LogP contribution in [-0.4, -0.2) is 65.5 Å². The van der Waals surface area contributed by atoms with Gasteiger partial charge in [0.15, 0.2) is 17.7 Å². The molecule has 4 unspecified atom stereocenters. The fourth-order valence-corrected chi connectivity index (χ4v) is 6.67. The minimum Gasteiger partial charge on any atom is -0.756 e. The highest BCUT2D eigenvalue weighted by atomic mass is 31.3. The third kappa shape index (κ3) is 8.35. The summed E-state index contributed by atoms with van der Waals surface area (Å²) in [5.74, 6) is 0.949. The van der Waals surface area contributed by atoms with E-state index in [1.807, 2.05) is 0 Å². The molecule has 2 aromatic rings. The predicted molar refractivity (Wildman–Crippen MR) is 122 cm³/mol. The summed E-state index contributed by atoms with van der Waals surface area (Å²) < 4.78 is 58.1. The fourth-order valence-electron chi connectivity index (χ4n) is 3.29. The lowest BCUT2D eigenvalue weighted by Crippen LogP contribution is -2.33. The first-order valence-corrected chi connectivity index (χ1v) is 15.2. The summed E-state index contributed by atoms with van der Waals surface area (Å²) in [4.78, 5) is 56.5. The minimum absolute atomic E-state index is 0.0201. The lowest BCUT2D eigenvalue weighted by atomic mass is 10.1. The third-order valence-electron chi connectivity index (χ3n) is 4.97. The maximum atomic E-state index is 12.1. The first-order valence-electron chi connectivity index (χ1n) is 10.8. The third-order valence-corrected chi connectivity index (χ3v) is 9.10. The van der Waals surface area contributed by atoms with Crippen LogP contribution < -0.4 is 15.5 Å². The van der Waals surface area contributed by atoms with E-state index in [2.05, 4.69) is 38.5 Å². The van der Waals surface area contributed by atoms with Gasteiger partial charge < -0.3 is 39.9 Å². The van der Waals surface area contributed by atoms with Gasteiger partial charge in [0.1, 0.15) is 30.2 Å². The highest BCUT2D eigenvalue weighted by Gasteiger charge is 2.46. The Kier molecular flexibility index (Phi) is 10.00. The molecule has 19 nitrogen and oxygen atoms in total. The number of nitrogen functional groups attached to an aromatic ring is 1. The number of ether oxygens (including phenoxy) is 1. The van der Waals surface area contributed by atoms with Gasteiger partial charge in [-0.25, -0.2) is 28.1 Å². The van der Waals surface area contributed by atoms with E-state index in [0.29, 0.717) is 12.8 Å². The van der Waals surface area contributed by atoms with Crippen LogP contribution in [0.5, 0.6) is 0 Å². The molecule has 2 aromatic heterocycles. The standard InChI is InChI=1S/C17H24N5O14P3/c1-2-3-4-5-6-11(23)34-38(28,29)36-39(30,31)35-37(26,27)32-7-10-13(24)14(25)17(33-10)22-9-21-12-15(18)19-8-20-16(12)22/h1,8-10,13-14,17,24-25H,3-7H2,(H,26,27)(H,28,29)(H,30,31)(H2,18,19,20)/p-2/t10-,13?,14+,17-/m1/s1. The molecule has 0 saturated carbocycles. The summed E-state index contributed by atoms with van der Waals surface area (Å²) in [6.45, 7) is -1.03. The Bertz CT molecular complexity index is 1380. The summed E-state index contributed by atoms with van der Waals surface area (Å²) >= 11 is 0. The average Bonchev–Trinajstić information content (AvgIpc) is 3.35. The molecule has 216 valence electrons. The largest absolute Gasteiger partial charge is 0.756 e. The molecular weight excluding hydrogens is 591 g/mol. The topological polar surface area (TPSA) is 291 Å². The van der Waals surface area contributed by atoms with Gasteiger partial charge in [-0.3, -0.25) is 23.0 Å². The zero-order valence-electron chi connectivity index (χ0n) is 19.6. The van der Waals surface area contributed by atoms with Crippen molar-refractivity contribution in [2.45, 2.75) is 50.2 Å². The Hall–Kier alpha value is -2.29. The van der Waals surface area contributed by atoms with Crippen LogP contribution in [0.1, 0.15) is 31.9 Å². The Morgan fingerprint density at radius 1 is 1.15 bits per heavy atom. The molecule has 1 saturated heterocycles. The normalized spacial score (nSPS) is 25.8. The SMILES string of the molecule is C#CCCCCC(=O)OP(=O)([O-])OP(=O)([O-])OP(=O)(O)OC[C@H]1O[C@@H](n2cnc3c(N)ncnc32)[C@@H](O)C1O. The van der Waals surface area contributed by atoms with Crippen LogP contribution in [0.2, 0.25) is 0 Å². The number of phosphoric acid groups is 3. The number of hydrogen-bond acceptors (Lipinski definition) is 17. The van der Waals surface area contributed by atoms with Crippen molar-refractivity contribution in [1.82, 2.24) is 19.5 Å². The van der Waals surface area contributed by atoms with Crippen LogP contribution >= 0.6 is 23.5 Å². The first kappa shape index (κ1) is 31.2. The number of phosphoric ester groups is 2. The number of imidazole rings is 1. The van der Waals surface area contributed by atoms with Gasteiger partial charge in [-0.1, -0.05) is 0 Å². The van der Waals surface area contributed by atoms with Crippen molar-refractivity contribution in [3.8, 4) is 12.3 Å². The average molecular weight is 613 g/mol. The molecule has 3 heterocycles. The molecule has 0 aromatic carbocycles. The lowest BCUT2D eigenvalue weighted by Gasteiger charge is -2.30. The van der Waals surface area contributed by atoms with E-state index < -0.39 is 67.0 Å². The number of carbonyl (C=O) groups excluding carboxylic acids is 1. The molecular formula is C17H22N5O14P3-2. The summed E-state index contributed by atoms with van der Waals surface area (Å²) in [6.07, 6.45) is 1.44. The van der Waals surface area contributed by atoms with E-state index in [-0.39, 0.29) is 23.4 Å². The van der Waals surface area contributed by atoms with E-state index in [0.717, 1.165) is 6.33 Å². The maximum absolute atomic E-state index is 12.1. The minimum atomic E-state index is -6.16. The number of fused-ring (bicyclic) bond motifs is 1. The van der Waals surface area contributed by atoms with Crippen molar-refractivity contribution in [3.05, 3.63) is 12.7 Å². The number of unbranched alkanes of at least 4 members (excludes halogenated alkanes) is 2. The van der Waals surface area contributed by atoms with Crippen LogP contribution in [0.3, 0.4) is 0 Å². The van der Waals surface area contributed by atoms with Gasteiger partial charge in [0.25, 0.3) is 7.82 Å². The molecule has 3 rings (SSSR count). The van der Waals surface area contributed by atoms with Gasteiger partial charge in [-0.05, 0) is 12.8 Å². The molecule has 39 heavy (non-hydrogen) atoms. The van der Waals surface area contributed by atoms with E-state index >= 15 is 0 Å². The van der Waals surface area contributed by atoms with E-state index in [1.54, 1.807) is 0 Å². The van der Waals surface area contributed by atoms with E-state index in [1.165, 1.54) is 10.9 Å². The molecule has 1 aliphatic heterocycles. The van der Waals surface area contributed by atoms with Gasteiger partial charge in [0.05, 0.1) is 12.9 Å². The molecule has 7 atom stereocenters. The molecule has 0 spiro atoms. The predicted octanol–water partition coefficient (Wildman–Crippen LogP) is -1.15. The number of anilines is 1. The number of carbonyl (C=O) groups is 1. The number of rotatable bonds is 13. The molecule has 22 heteroatoms. The molecule has 0 radical (unpaired) electrons. The molecule has 1 fully saturated rings. The van der Waals surface area contributed by atoms with Gasteiger partial charge >= 0.3 is 21.6 Å². The molecule has 0 aliphatic carbocycles. The second-order valence-electron chi connectivity index (χ2n) is 7.83. The van der Waals surface area contributed by atoms with Crippen LogP contribution in [0.15, 0.2) is 12.7 Å². The maximum Gasteiger partial charge on any atom is 0.478 e. The second kappa shape index (κ2) is 12.5. The zero-order valence-corrected chi connectivity index (χ0v) is 22.3. The number of aromatic nitrogens is 4. The highest BCUT2D eigenvalue weighted by Crippen LogP contribution is 2.64. The molecule has 1 aliphatic rings. The van der Waals surface area contributed by atoms with Crippen molar-refractivity contribution >= 4 is 46.4 Å². The summed E-state index contributed by atoms with van der Waals surface area (Å²) in [5, 5.41) is 20.7. The van der Waals surface area contributed by atoms with Crippen molar-refractivity contribution < 1.29 is 65.8 Å². The number of nitrogens with two attached hydrogens (primary N) is 1. The van der Waals surface area contributed by atoms with Crippen LogP contribution in [0.25, 0.3) is 11.2 Å². The molecule has 0 amide bonds. The fraction of sp³-hybridized carbons (Fsp3) is 0.529. The van der Waals surface area contributed by atoms with Crippen LogP contribution in [0, 0.1) is 12.3 Å². The second-order valence-corrected chi connectivity index (χ2v) is 12.3.